The summed E-state index contributed by atoms with van der Waals surface area (Å²) in [6.07, 6.45) is 3.77. The maximum atomic E-state index is 12.4. The molecule has 1 aromatic rings. The van der Waals surface area contributed by atoms with Crippen LogP contribution in [0.1, 0.15) is 18.4 Å². The lowest BCUT2D eigenvalue weighted by atomic mass is 10.0. The van der Waals surface area contributed by atoms with Crippen molar-refractivity contribution >= 4 is 24.3 Å². The first-order chi connectivity index (χ1) is 10.0. The molecule has 1 unspecified atom stereocenters. The van der Waals surface area contributed by atoms with Crippen molar-refractivity contribution in [3.8, 4) is 11.5 Å². The van der Waals surface area contributed by atoms with Gasteiger partial charge in [-0.15, -0.1) is 12.4 Å². The second-order valence-corrected chi connectivity index (χ2v) is 5.65. The van der Waals surface area contributed by atoms with Gasteiger partial charge in [0.15, 0.2) is 17.3 Å². The van der Waals surface area contributed by atoms with Gasteiger partial charge in [0.05, 0.1) is 14.2 Å². The van der Waals surface area contributed by atoms with E-state index in [4.69, 9.17) is 9.47 Å². The third-order valence-corrected chi connectivity index (χ3v) is 3.78. The first-order valence-corrected chi connectivity index (χ1v) is 7.16. The van der Waals surface area contributed by atoms with E-state index in [1.807, 2.05) is 38.4 Å². The molecular formula is C17H24ClNO3. The van der Waals surface area contributed by atoms with Crippen LogP contribution in [0.3, 0.4) is 0 Å². The molecule has 0 saturated heterocycles. The van der Waals surface area contributed by atoms with Crippen LogP contribution in [0.2, 0.25) is 0 Å². The lowest BCUT2D eigenvalue weighted by Crippen LogP contribution is -2.24. The van der Waals surface area contributed by atoms with Crippen LogP contribution < -0.4 is 9.47 Å². The van der Waals surface area contributed by atoms with Gasteiger partial charge in [-0.2, -0.15) is 0 Å². The van der Waals surface area contributed by atoms with Crippen LogP contribution in [0.15, 0.2) is 23.8 Å². The molecule has 0 amide bonds. The summed E-state index contributed by atoms with van der Waals surface area (Å²) in [7, 11) is 7.23. The molecule has 1 saturated carbocycles. The molecule has 1 aliphatic carbocycles. The number of allylic oxidation sites excluding steroid dienone is 1. The summed E-state index contributed by atoms with van der Waals surface area (Å²) < 4.78 is 10.5. The van der Waals surface area contributed by atoms with E-state index in [2.05, 4.69) is 4.90 Å². The van der Waals surface area contributed by atoms with Crippen molar-refractivity contribution in [3.05, 3.63) is 29.3 Å². The average Bonchev–Trinajstić information content (AvgIpc) is 2.79. The predicted molar refractivity (Wildman–Crippen MR) is 91.1 cm³/mol. The summed E-state index contributed by atoms with van der Waals surface area (Å²) >= 11 is 0. The number of rotatable bonds is 5. The molecule has 0 N–H and O–H groups in total. The maximum Gasteiger partial charge on any atom is 0.163 e. The molecule has 0 spiro atoms. The van der Waals surface area contributed by atoms with Gasteiger partial charge in [-0.3, -0.25) is 4.79 Å². The number of benzene rings is 1. The van der Waals surface area contributed by atoms with E-state index in [-0.39, 0.29) is 24.1 Å². The zero-order valence-corrected chi connectivity index (χ0v) is 14.4. The summed E-state index contributed by atoms with van der Waals surface area (Å²) in [5.74, 6) is 1.79. The molecule has 1 atom stereocenters. The number of halogens is 1. The fraction of sp³-hybridized carbons (Fsp3) is 0.471. The Bertz CT molecular complexity index is 555. The van der Waals surface area contributed by atoms with Crippen LogP contribution in [0.5, 0.6) is 11.5 Å². The molecule has 0 aromatic heterocycles. The number of Topliss-reactive ketones (excluding diaryl/α,β-unsaturated/α-hetero) is 1. The molecular weight excluding hydrogens is 302 g/mol. The van der Waals surface area contributed by atoms with Gasteiger partial charge >= 0.3 is 0 Å². The summed E-state index contributed by atoms with van der Waals surface area (Å²) in [4.78, 5) is 14.4. The summed E-state index contributed by atoms with van der Waals surface area (Å²) in [6.45, 7) is 0.822. The van der Waals surface area contributed by atoms with E-state index in [9.17, 15) is 4.79 Å². The van der Waals surface area contributed by atoms with E-state index in [0.29, 0.717) is 11.5 Å². The molecule has 0 bridgehead atoms. The van der Waals surface area contributed by atoms with E-state index in [1.165, 1.54) is 0 Å². The molecule has 122 valence electrons. The molecule has 1 aliphatic rings. The van der Waals surface area contributed by atoms with E-state index in [0.717, 1.165) is 30.5 Å². The Labute approximate surface area is 138 Å². The quantitative estimate of drug-likeness (QED) is 0.780. The lowest BCUT2D eigenvalue weighted by molar-refractivity contribution is -0.118. The molecule has 2 rings (SSSR count). The standard InChI is InChI=1S/C17H23NO3.ClH/c1-18(2)11-14-7-6-13(17(14)19)9-12-5-8-15(20-3)16(10-12)21-4;/h5,8-10,14H,6-7,11H2,1-4H3;1H/b13-9-;. The number of carbonyl (C=O) groups excluding carboxylic acids is 1. The lowest BCUT2D eigenvalue weighted by Gasteiger charge is -2.13. The number of hydrogen-bond donors (Lipinski definition) is 0. The van der Waals surface area contributed by atoms with Crippen molar-refractivity contribution in [2.75, 3.05) is 34.9 Å². The van der Waals surface area contributed by atoms with Crippen LogP contribution in [0, 0.1) is 5.92 Å². The highest BCUT2D eigenvalue weighted by atomic mass is 35.5. The van der Waals surface area contributed by atoms with Gasteiger partial charge in [0.2, 0.25) is 0 Å². The van der Waals surface area contributed by atoms with Gasteiger partial charge in [-0.05, 0) is 56.3 Å². The number of ether oxygens (including phenoxy) is 2. The number of nitrogens with zero attached hydrogens (tertiary/aromatic N) is 1. The first-order valence-electron chi connectivity index (χ1n) is 7.16. The summed E-state index contributed by atoms with van der Waals surface area (Å²) in [5, 5.41) is 0. The monoisotopic (exact) mass is 325 g/mol. The smallest absolute Gasteiger partial charge is 0.163 e. The Morgan fingerprint density at radius 1 is 1.23 bits per heavy atom. The van der Waals surface area contributed by atoms with Gasteiger partial charge < -0.3 is 14.4 Å². The van der Waals surface area contributed by atoms with Gasteiger partial charge in [0.1, 0.15) is 0 Å². The van der Waals surface area contributed by atoms with Gasteiger partial charge in [0, 0.05) is 12.5 Å². The Balaban J connectivity index is 0.00000242. The van der Waals surface area contributed by atoms with Crippen molar-refractivity contribution in [2.24, 2.45) is 5.92 Å². The predicted octanol–water partition coefficient (Wildman–Crippen LogP) is 3.05. The number of ketones is 1. The summed E-state index contributed by atoms with van der Waals surface area (Å²) in [5.41, 5.74) is 1.88. The molecule has 5 heteroatoms. The van der Waals surface area contributed by atoms with Gasteiger partial charge in [-0.25, -0.2) is 0 Å². The zero-order chi connectivity index (χ0) is 15.4. The van der Waals surface area contributed by atoms with E-state index < -0.39 is 0 Å². The van der Waals surface area contributed by atoms with Crippen molar-refractivity contribution in [1.82, 2.24) is 4.90 Å². The molecule has 0 heterocycles. The third-order valence-electron chi connectivity index (χ3n) is 3.78. The third kappa shape index (κ3) is 4.24. The molecule has 0 aliphatic heterocycles. The summed E-state index contributed by atoms with van der Waals surface area (Å²) in [6, 6.07) is 5.71. The molecule has 4 nitrogen and oxygen atoms in total. The second-order valence-electron chi connectivity index (χ2n) is 5.65. The van der Waals surface area contributed by atoms with Crippen molar-refractivity contribution in [1.29, 1.82) is 0 Å². The van der Waals surface area contributed by atoms with Crippen LogP contribution in [0.25, 0.3) is 6.08 Å². The highest BCUT2D eigenvalue weighted by Gasteiger charge is 2.29. The fourth-order valence-corrected chi connectivity index (χ4v) is 2.75. The van der Waals surface area contributed by atoms with Crippen LogP contribution in [0.4, 0.5) is 0 Å². The number of methoxy groups -OCH3 is 2. The van der Waals surface area contributed by atoms with Crippen molar-refractivity contribution in [3.63, 3.8) is 0 Å². The SMILES string of the molecule is COc1ccc(/C=C2/CCC(CN(C)C)C2=O)cc1OC.Cl. The number of hydrogen-bond acceptors (Lipinski definition) is 4. The highest BCUT2D eigenvalue weighted by Crippen LogP contribution is 2.32. The minimum Gasteiger partial charge on any atom is -0.493 e. The van der Waals surface area contributed by atoms with Crippen LogP contribution in [-0.4, -0.2) is 45.5 Å². The highest BCUT2D eigenvalue weighted by molar-refractivity contribution is 6.03. The van der Waals surface area contributed by atoms with E-state index in [1.54, 1.807) is 14.2 Å². The second kappa shape index (κ2) is 8.20. The molecule has 1 aromatic carbocycles. The van der Waals surface area contributed by atoms with Crippen LogP contribution in [-0.2, 0) is 4.79 Å². The molecule has 0 radical (unpaired) electrons. The molecule has 1 fully saturated rings. The van der Waals surface area contributed by atoms with Crippen molar-refractivity contribution < 1.29 is 14.3 Å². The normalized spacial score (nSPS) is 19.4. The Morgan fingerprint density at radius 2 is 1.91 bits per heavy atom. The zero-order valence-electron chi connectivity index (χ0n) is 13.6. The topological polar surface area (TPSA) is 38.8 Å². The molecule has 22 heavy (non-hydrogen) atoms. The van der Waals surface area contributed by atoms with E-state index >= 15 is 0 Å². The van der Waals surface area contributed by atoms with Crippen LogP contribution >= 0.6 is 12.4 Å². The first kappa shape index (κ1) is 18.5. The number of carbonyl (C=O) groups is 1. The average molecular weight is 326 g/mol. The van der Waals surface area contributed by atoms with Gasteiger partial charge in [-0.1, -0.05) is 6.07 Å². The largest absolute Gasteiger partial charge is 0.493 e. The van der Waals surface area contributed by atoms with Gasteiger partial charge in [0.25, 0.3) is 0 Å². The minimum atomic E-state index is 0. The maximum absolute atomic E-state index is 12.4. The Kier molecular flexibility index (Phi) is 6.91. The van der Waals surface area contributed by atoms with Crippen molar-refractivity contribution in [2.45, 2.75) is 12.8 Å². The minimum absolute atomic E-state index is 0. The Hall–Kier alpha value is -1.52. The Morgan fingerprint density at radius 3 is 2.50 bits per heavy atom. The fourth-order valence-electron chi connectivity index (χ4n) is 2.75.